The molecule has 5 heteroatoms. The molecule has 3 aromatic carbocycles. The number of fused-ring (bicyclic) bond motifs is 1. The zero-order valence-electron chi connectivity index (χ0n) is 17.5. The van der Waals surface area contributed by atoms with Crippen LogP contribution in [0.2, 0.25) is 5.02 Å². The number of benzene rings is 3. The minimum Gasteiger partial charge on any atom is -0.494 e. The first-order valence-corrected chi connectivity index (χ1v) is 11.6. The van der Waals surface area contributed by atoms with E-state index in [2.05, 4.69) is 47.4 Å². The van der Waals surface area contributed by atoms with Gasteiger partial charge in [-0.1, -0.05) is 41.9 Å². The summed E-state index contributed by atoms with van der Waals surface area (Å²) in [5.41, 5.74) is 2.57. The van der Waals surface area contributed by atoms with Crippen LogP contribution in [0.3, 0.4) is 0 Å². The fourth-order valence-electron chi connectivity index (χ4n) is 4.16. The van der Waals surface area contributed by atoms with E-state index in [4.69, 9.17) is 27.9 Å². The molecule has 0 spiro atoms. The largest absolute Gasteiger partial charge is 0.494 e. The molecule has 1 heterocycles. The van der Waals surface area contributed by atoms with Gasteiger partial charge in [-0.3, -0.25) is 9.69 Å². The van der Waals surface area contributed by atoms with Crippen LogP contribution < -0.4 is 4.74 Å². The van der Waals surface area contributed by atoms with Gasteiger partial charge in [0.2, 0.25) is 5.24 Å². The van der Waals surface area contributed by atoms with E-state index in [1.165, 1.54) is 21.9 Å². The summed E-state index contributed by atoms with van der Waals surface area (Å²) in [6.07, 6.45) is 3.65. The van der Waals surface area contributed by atoms with E-state index in [0.29, 0.717) is 6.61 Å². The third-order valence-electron chi connectivity index (χ3n) is 5.98. The average molecular weight is 456 g/mol. The molecule has 0 atom stereocenters. The molecule has 3 aromatic rings. The number of carbonyl (C=O) groups is 1. The molecule has 1 aliphatic rings. The van der Waals surface area contributed by atoms with Crippen LogP contribution >= 0.6 is 23.2 Å². The zero-order chi connectivity index (χ0) is 21.6. The summed E-state index contributed by atoms with van der Waals surface area (Å²) in [6.45, 7) is 3.43. The third kappa shape index (κ3) is 6.22. The van der Waals surface area contributed by atoms with E-state index in [1.807, 2.05) is 18.2 Å². The monoisotopic (exact) mass is 455 g/mol. The van der Waals surface area contributed by atoms with Crippen molar-refractivity contribution in [3.8, 4) is 5.75 Å². The molecule has 1 fully saturated rings. The maximum Gasteiger partial charge on any atom is 0.224 e. The van der Waals surface area contributed by atoms with Gasteiger partial charge in [0.15, 0.2) is 0 Å². The molecule has 0 amide bonds. The van der Waals surface area contributed by atoms with Gasteiger partial charge >= 0.3 is 0 Å². The van der Waals surface area contributed by atoms with Crippen molar-refractivity contribution in [2.75, 3.05) is 19.7 Å². The molecular weight excluding hydrogens is 429 g/mol. The van der Waals surface area contributed by atoms with Crippen molar-refractivity contribution in [3.63, 3.8) is 0 Å². The van der Waals surface area contributed by atoms with Gasteiger partial charge in [0.1, 0.15) is 5.75 Å². The van der Waals surface area contributed by atoms with Crippen LogP contribution in [0.5, 0.6) is 5.75 Å². The molecule has 0 saturated carbocycles. The maximum atomic E-state index is 11.3. The number of aryl methyl sites for hydroxylation is 1. The van der Waals surface area contributed by atoms with E-state index < -0.39 is 0 Å². The molecule has 31 heavy (non-hydrogen) atoms. The summed E-state index contributed by atoms with van der Waals surface area (Å²) >= 11 is 11.6. The SMILES string of the molecule is O=C(Cl)C1CCN(Cc2ccc3cc(OCCCc4ccc(Cl)cc4)ccc3c2)CC1. The summed E-state index contributed by atoms with van der Waals surface area (Å²) < 4.78 is 5.97. The molecule has 0 unspecified atom stereocenters. The lowest BCUT2D eigenvalue weighted by Gasteiger charge is -2.30. The highest BCUT2D eigenvalue weighted by Crippen LogP contribution is 2.25. The van der Waals surface area contributed by atoms with E-state index >= 15 is 0 Å². The van der Waals surface area contributed by atoms with Crippen molar-refractivity contribution in [1.29, 1.82) is 0 Å². The lowest BCUT2D eigenvalue weighted by molar-refractivity contribution is -0.116. The Morgan fingerprint density at radius 1 is 0.935 bits per heavy atom. The van der Waals surface area contributed by atoms with Crippen LogP contribution in [0.15, 0.2) is 60.7 Å². The van der Waals surface area contributed by atoms with E-state index in [1.54, 1.807) is 0 Å². The number of rotatable bonds is 8. The van der Waals surface area contributed by atoms with Crippen LogP contribution in [0.4, 0.5) is 0 Å². The predicted molar refractivity (Wildman–Crippen MR) is 128 cm³/mol. The lowest BCUT2D eigenvalue weighted by atomic mass is 9.97. The maximum absolute atomic E-state index is 11.3. The van der Waals surface area contributed by atoms with E-state index in [-0.39, 0.29) is 11.2 Å². The molecule has 0 bridgehead atoms. The highest BCUT2D eigenvalue weighted by Gasteiger charge is 2.23. The Hall–Kier alpha value is -2.07. The summed E-state index contributed by atoms with van der Waals surface area (Å²) in [5, 5.41) is 2.99. The average Bonchev–Trinajstić information content (AvgIpc) is 2.78. The van der Waals surface area contributed by atoms with Gasteiger partial charge in [0, 0.05) is 17.5 Å². The first kappa shape index (κ1) is 22.1. The Balaban J connectivity index is 1.28. The molecule has 1 saturated heterocycles. The molecular formula is C26H27Cl2NO2. The van der Waals surface area contributed by atoms with Crippen LogP contribution in [0, 0.1) is 5.92 Å². The molecule has 0 aromatic heterocycles. The van der Waals surface area contributed by atoms with Crippen molar-refractivity contribution in [2.45, 2.75) is 32.2 Å². The molecule has 4 rings (SSSR count). The highest BCUT2D eigenvalue weighted by molar-refractivity contribution is 6.64. The topological polar surface area (TPSA) is 29.5 Å². The number of hydrogen-bond donors (Lipinski definition) is 0. The van der Waals surface area contributed by atoms with E-state index in [0.717, 1.165) is 56.1 Å². The zero-order valence-corrected chi connectivity index (χ0v) is 19.0. The van der Waals surface area contributed by atoms with Gasteiger partial charge in [0.25, 0.3) is 0 Å². The standard InChI is InChI=1S/C26H27Cl2NO2/c27-24-8-4-19(5-9-24)2-1-15-31-25-10-7-22-16-20(3-6-23(22)17-25)18-29-13-11-21(12-14-29)26(28)30/h3-10,16-17,21H,1-2,11-15,18H2. The third-order valence-corrected chi connectivity index (χ3v) is 6.54. The Bertz CT molecular complexity index is 1030. The van der Waals surface area contributed by atoms with Crippen molar-refractivity contribution in [2.24, 2.45) is 5.92 Å². The summed E-state index contributed by atoms with van der Waals surface area (Å²) in [7, 11) is 0. The van der Waals surface area contributed by atoms with Crippen LogP contribution in [-0.4, -0.2) is 29.8 Å². The van der Waals surface area contributed by atoms with Gasteiger partial charge in [-0.15, -0.1) is 0 Å². The number of nitrogens with zero attached hydrogens (tertiary/aromatic N) is 1. The second-order valence-corrected chi connectivity index (χ2v) is 9.09. The smallest absolute Gasteiger partial charge is 0.224 e. The van der Waals surface area contributed by atoms with Gasteiger partial charge in [-0.25, -0.2) is 0 Å². The molecule has 0 aliphatic carbocycles. The number of ether oxygens (including phenoxy) is 1. The minimum atomic E-state index is -0.187. The molecule has 162 valence electrons. The molecule has 0 radical (unpaired) electrons. The number of likely N-dealkylation sites (tertiary alicyclic amines) is 1. The highest BCUT2D eigenvalue weighted by atomic mass is 35.5. The molecule has 3 nitrogen and oxygen atoms in total. The van der Waals surface area contributed by atoms with Crippen molar-refractivity contribution in [1.82, 2.24) is 4.90 Å². The van der Waals surface area contributed by atoms with Crippen molar-refractivity contribution in [3.05, 3.63) is 76.8 Å². The molecule has 1 aliphatic heterocycles. The number of piperidine rings is 1. The predicted octanol–water partition coefficient (Wildman–Crippen LogP) is 6.48. The Labute approximate surface area is 193 Å². The van der Waals surface area contributed by atoms with Crippen LogP contribution in [-0.2, 0) is 17.8 Å². The lowest BCUT2D eigenvalue weighted by Crippen LogP contribution is -2.34. The van der Waals surface area contributed by atoms with Crippen LogP contribution in [0.25, 0.3) is 10.8 Å². The van der Waals surface area contributed by atoms with Gasteiger partial charge < -0.3 is 4.74 Å². The van der Waals surface area contributed by atoms with Crippen molar-refractivity contribution < 1.29 is 9.53 Å². The molecule has 0 N–H and O–H groups in total. The fourth-order valence-corrected chi connectivity index (χ4v) is 4.50. The summed E-state index contributed by atoms with van der Waals surface area (Å²) in [6, 6.07) is 20.9. The normalized spacial score (nSPS) is 15.3. The first-order chi connectivity index (χ1) is 15.1. The van der Waals surface area contributed by atoms with Crippen LogP contribution in [0.1, 0.15) is 30.4 Å². The van der Waals surface area contributed by atoms with E-state index in [9.17, 15) is 4.79 Å². The quantitative estimate of drug-likeness (QED) is 0.287. The second kappa shape index (κ2) is 10.5. The Morgan fingerprint density at radius 3 is 2.35 bits per heavy atom. The Kier molecular flexibility index (Phi) is 7.49. The van der Waals surface area contributed by atoms with Gasteiger partial charge in [0.05, 0.1) is 6.61 Å². The van der Waals surface area contributed by atoms with Gasteiger partial charge in [-0.2, -0.15) is 0 Å². The fraction of sp³-hybridized carbons (Fsp3) is 0.346. The summed E-state index contributed by atoms with van der Waals surface area (Å²) in [4.78, 5) is 13.7. The van der Waals surface area contributed by atoms with Gasteiger partial charge in [-0.05, 0) is 103 Å². The second-order valence-electron chi connectivity index (χ2n) is 8.28. The number of hydrogen-bond acceptors (Lipinski definition) is 3. The number of carbonyl (C=O) groups excluding carboxylic acids is 1. The minimum absolute atomic E-state index is 0.0270. The summed E-state index contributed by atoms with van der Waals surface area (Å²) in [5.74, 6) is 0.934. The van der Waals surface area contributed by atoms with Crippen molar-refractivity contribution >= 4 is 39.2 Å². The Morgan fingerprint density at radius 2 is 1.61 bits per heavy atom. The first-order valence-electron chi connectivity index (χ1n) is 10.9. The number of halogens is 2.